The van der Waals surface area contributed by atoms with Gasteiger partial charge < -0.3 is 11.1 Å². The monoisotopic (exact) mass is 193 g/mol. The molecular formula is C10H15N3O. The van der Waals surface area contributed by atoms with Crippen LogP contribution in [0.5, 0.6) is 0 Å². The molecule has 14 heavy (non-hydrogen) atoms. The van der Waals surface area contributed by atoms with Crippen molar-refractivity contribution in [1.29, 1.82) is 0 Å². The van der Waals surface area contributed by atoms with Crippen LogP contribution in [0.4, 0.5) is 5.69 Å². The molecule has 0 aliphatic rings. The molecule has 0 aromatic carbocycles. The molecule has 0 radical (unpaired) electrons. The summed E-state index contributed by atoms with van der Waals surface area (Å²) >= 11 is 0. The summed E-state index contributed by atoms with van der Waals surface area (Å²) in [4.78, 5) is 15.5. The normalized spacial score (nSPS) is 11.1. The number of nitrogens with zero attached hydrogens (tertiary/aromatic N) is 1. The van der Waals surface area contributed by atoms with E-state index in [1.807, 2.05) is 20.8 Å². The topological polar surface area (TPSA) is 68.0 Å². The summed E-state index contributed by atoms with van der Waals surface area (Å²) in [6.45, 7) is 5.76. The van der Waals surface area contributed by atoms with Gasteiger partial charge in [0.1, 0.15) is 5.69 Å². The van der Waals surface area contributed by atoms with E-state index in [1.165, 1.54) is 6.20 Å². The fraction of sp³-hybridized carbons (Fsp3) is 0.400. The maximum absolute atomic E-state index is 11.6. The third kappa shape index (κ3) is 3.05. The van der Waals surface area contributed by atoms with Gasteiger partial charge in [-0.15, -0.1) is 0 Å². The largest absolute Gasteiger partial charge is 0.397 e. The molecule has 76 valence electrons. The summed E-state index contributed by atoms with van der Waals surface area (Å²) in [6.07, 6.45) is 1.47. The molecule has 1 amide bonds. The molecule has 1 aromatic heterocycles. The van der Waals surface area contributed by atoms with Crippen molar-refractivity contribution in [3.63, 3.8) is 0 Å². The molecule has 0 fully saturated rings. The smallest absolute Gasteiger partial charge is 0.270 e. The number of nitrogens with two attached hydrogens (primary N) is 1. The van der Waals surface area contributed by atoms with Gasteiger partial charge in [-0.1, -0.05) is 0 Å². The van der Waals surface area contributed by atoms with Gasteiger partial charge in [0, 0.05) is 5.54 Å². The van der Waals surface area contributed by atoms with E-state index in [1.54, 1.807) is 12.1 Å². The molecule has 0 saturated heterocycles. The molecule has 3 N–H and O–H groups in total. The van der Waals surface area contributed by atoms with Gasteiger partial charge in [-0.3, -0.25) is 4.79 Å². The Morgan fingerprint density at radius 1 is 1.43 bits per heavy atom. The van der Waals surface area contributed by atoms with Gasteiger partial charge in [-0.25, -0.2) is 4.98 Å². The number of hydrogen-bond donors (Lipinski definition) is 2. The highest BCUT2D eigenvalue weighted by Crippen LogP contribution is 2.04. The number of rotatable bonds is 1. The maximum atomic E-state index is 11.6. The van der Waals surface area contributed by atoms with E-state index in [2.05, 4.69) is 10.3 Å². The van der Waals surface area contributed by atoms with Crippen molar-refractivity contribution >= 4 is 11.6 Å². The standard InChI is InChI=1S/C10H15N3O/c1-10(2,3)13-9(14)8-5-4-7(11)6-12-8/h4-6H,11H2,1-3H3,(H,13,14). The van der Waals surface area contributed by atoms with Crippen molar-refractivity contribution in [3.8, 4) is 0 Å². The van der Waals surface area contributed by atoms with Crippen molar-refractivity contribution in [2.45, 2.75) is 26.3 Å². The Hall–Kier alpha value is -1.58. The van der Waals surface area contributed by atoms with Gasteiger partial charge in [0.15, 0.2) is 0 Å². The van der Waals surface area contributed by atoms with Crippen LogP contribution < -0.4 is 11.1 Å². The zero-order valence-corrected chi connectivity index (χ0v) is 8.66. The first-order chi connectivity index (χ1) is 6.38. The molecule has 0 aliphatic heterocycles. The number of aromatic nitrogens is 1. The van der Waals surface area contributed by atoms with Crippen molar-refractivity contribution in [1.82, 2.24) is 10.3 Å². The number of nitrogens with one attached hydrogen (secondary N) is 1. The Balaban J connectivity index is 2.76. The second-order valence-electron chi connectivity index (χ2n) is 4.18. The van der Waals surface area contributed by atoms with Crippen LogP contribution in [0, 0.1) is 0 Å². The fourth-order valence-electron chi connectivity index (χ4n) is 0.944. The summed E-state index contributed by atoms with van der Waals surface area (Å²) in [5.41, 5.74) is 6.15. The van der Waals surface area contributed by atoms with Crippen molar-refractivity contribution in [2.24, 2.45) is 0 Å². The molecule has 4 heteroatoms. The maximum Gasteiger partial charge on any atom is 0.270 e. The van der Waals surface area contributed by atoms with Crippen LogP contribution in [0.3, 0.4) is 0 Å². The van der Waals surface area contributed by atoms with Crippen LogP contribution in [0.1, 0.15) is 31.3 Å². The quantitative estimate of drug-likeness (QED) is 0.704. The van der Waals surface area contributed by atoms with Crippen molar-refractivity contribution in [3.05, 3.63) is 24.0 Å². The minimum absolute atomic E-state index is 0.183. The summed E-state index contributed by atoms with van der Waals surface area (Å²) in [5, 5.41) is 2.81. The molecule has 1 heterocycles. The van der Waals surface area contributed by atoms with E-state index >= 15 is 0 Å². The number of anilines is 1. The minimum Gasteiger partial charge on any atom is -0.397 e. The lowest BCUT2D eigenvalue weighted by molar-refractivity contribution is 0.0914. The number of nitrogen functional groups attached to an aromatic ring is 1. The second kappa shape index (κ2) is 3.65. The van der Waals surface area contributed by atoms with Crippen LogP contribution >= 0.6 is 0 Å². The Labute approximate surface area is 83.5 Å². The predicted octanol–water partition coefficient (Wildman–Crippen LogP) is 1.19. The Kier molecular flexibility index (Phi) is 2.74. The Morgan fingerprint density at radius 3 is 2.50 bits per heavy atom. The van der Waals surface area contributed by atoms with Crippen LogP contribution in [-0.2, 0) is 0 Å². The van der Waals surface area contributed by atoms with Crippen molar-refractivity contribution in [2.75, 3.05) is 5.73 Å². The van der Waals surface area contributed by atoms with Crippen LogP contribution in [0.25, 0.3) is 0 Å². The number of pyridine rings is 1. The molecule has 0 bridgehead atoms. The summed E-state index contributed by atoms with van der Waals surface area (Å²) in [5.74, 6) is -0.183. The molecule has 4 nitrogen and oxygen atoms in total. The van der Waals surface area contributed by atoms with Crippen LogP contribution in [0.15, 0.2) is 18.3 Å². The zero-order chi connectivity index (χ0) is 10.8. The lowest BCUT2D eigenvalue weighted by Crippen LogP contribution is -2.40. The summed E-state index contributed by atoms with van der Waals surface area (Å²) in [6, 6.07) is 3.26. The first-order valence-electron chi connectivity index (χ1n) is 4.42. The number of carbonyl (C=O) groups is 1. The molecule has 0 aliphatic carbocycles. The van der Waals surface area contributed by atoms with Crippen LogP contribution in [0.2, 0.25) is 0 Å². The Bertz CT molecular complexity index is 324. The molecule has 0 spiro atoms. The predicted molar refractivity (Wildman–Crippen MR) is 55.9 cm³/mol. The fourth-order valence-corrected chi connectivity index (χ4v) is 0.944. The second-order valence-corrected chi connectivity index (χ2v) is 4.18. The summed E-state index contributed by atoms with van der Waals surface area (Å²) in [7, 11) is 0. The summed E-state index contributed by atoms with van der Waals surface area (Å²) < 4.78 is 0. The molecule has 1 rings (SSSR count). The molecular weight excluding hydrogens is 178 g/mol. The minimum atomic E-state index is -0.250. The number of carbonyl (C=O) groups excluding carboxylic acids is 1. The van der Waals surface area contributed by atoms with E-state index < -0.39 is 0 Å². The van der Waals surface area contributed by atoms with E-state index in [4.69, 9.17) is 5.73 Å². The van der Waals surface area contributed by atoms with E-state index in [0.717, 1.165) is 0 Å². The van der Waals surface area contributed by atoms with Crippen molar-refractivity contribution < 1.29 is 4.79 Å². The van der Waals surface area contributed by atoms with E-state index in [9.17, 15) is 4.79 Å². The van der Waals surface area contributed by atoms with Gasteiger partial charge in [0.05, 0.1) is 11.9 Å². The third-order valence-corrected chi connectivity index (χ3v) is 1.51. The van der Waals surface area contributed by atoms with Gasteiger partial charge in [-0.05, 0) is 32.9 Å². The molecule has 0 atom stereocenters. The average Bonchev–Trinajstić information content (AvgIpc) is 2.02. The average molecular weight is 193 g/mol. The lowest BCUT2D eigenvalue weighted by atomic mass is 10.1. The zero-order valence-electron chi connectivity index (χ0n) is 8.66. The third-order valence-electron chi connectivity index (χ3n) is 1.51. The molecule has 0 unspecified atom stereocenters. The van der Waals surface area contributed by atoms with Gasteiger partial charge in [-0.2, -0.15) is 0 Å². The SMILES string of the molecule is CC(C)(C)NC(=O)c1ccc(N)cn1. The van der Waals surface area contributed by atoms with E-state index in [-0.39, 0.29) is 11.4 Å². The Morgan fingerprint density at radius 2 is 2.07 bits per heavy atom. The van der Waals surface area contributed by atoms with Gasteiger partial charge in [0.2, 0.25) is 0 Å². The lowest BCUT2D eigenvalue weighted by Gasteiger charge is -2.19. The highest BCUT2D eigenvalue weighted by molar-refractivity contribution is 5.92. The number of hydrogen-bond acceptors (Lipinski definition) is 3. The van der Waals surface area contributed by atoms with Gasteiger partial charge >= 0.3 is 0 Å². The van der Waals surface area contributed by atoms with Crippen LogP contribution in [-0.4, -0.2) is 16.4 Å². The highest BCUT2D eigenvalue weighted by Gasteiger charge is 2.15. The number of amides is 1. The highest BCUT2D eigenvalue weighted by atomic mass is 16.2. The first-order valence-corrected chi connectivity index (χ1v) is 4.42. The van der Waals surface area contributed by atoms with E-state index in [0.29, 0.717) is 11.4 Å². The van der Waals surface area contributed by atoms with Gasteiger partial charge in [0.25, 0.3) is 5.91 Å². The first kappa shape index (κ1) is 10.5. The molecule has 1 aromatic rings. The molecule has 0 saturated carbocycles.